The number of benzene rings is 4. The van der Waals surface area contributed by atoms with Crippen molar-refractivity contribution < 1.29 is 9.31 Å². The fourth-order valence-electron chi connectivity index (χ4n) is 3.56. The zero-order valence-corrected chi connectivity index (χ0v) is 17.9. The molecule has 4 rings (SSSR count). The van der Waals surface area contributed by atoms with Gasteiger partial charge >= 0.3 is 173 Å². The van der Waals surface area contributed by atoms with Crippen LogP contribution < -0.4 is 4.46 Å². The second-order valence-corrected chi connectivity index (χ2v) is 8.73. The predicted molar refractivity (Wildman–Crippen MR) is 121 cm³/mol. The molecule has 0 atom stereocenters. The molecule has 0 amide bonds. The van der Waals surface area contributed by atoms with Crippen LogP contribution in [0.3, 0.4) is 0 Å². The van der Waals surface area contributed by atoms with Crippen LogP contribution in [0.5, 0.6) is 0 Å². The maximum atomic E-state index is 5.88. The summed E-state index contributed by atoms with van der Waals surface area (Å²) >= 11 is 0.0440. The van der Waals surface area contributed by atoms with Crippen LogP contribution in [0, 0.1) is 0 Å². The Bertz CT molecular complexity index is 1080. The Morgan fingerprint density at radius 3 is 2.00 bits per heavy atom. The molecule has 0 aliphatic heterocycles. The molecule has 0 bridgehead atoms. The van der Waals surface area contributed by atoms with Crippen molar-refractivity contribution in [3.8, 4) is 11.1 Å². The van der Waals surface area contributed by atoms with Crippen molar-refractivity contribution in [1.29, 1.82) is 0 Å². The van der Waals surface area contributed by atoms with E-state index in [9.17, 15) is 0 Å². The summed E-state index contributed by atoms with van der Waals surface area (Å²) in [4.78, 5) is 0. The van der Waals surface area contributed by atoms with Crippen LogP contribution in [0.15, 0.2) is 78.9 Å². The number of hydrogen-bond acceptors (Lipinski definition) is 2. The first kappa shape index (κ1) is 19.2. The van der Waals surface area contributed by atoms with Gasteiger partial charge in [0.2, 0.25) is 0 Å². The van der Waals surface area contributed by atoms with Crippen molar-refractivity contribution >= 4 is 46.7 Å². The first-order valence-corrected chi connectivity index (χ1v) is 11.6. The molecular weight excluding hydrogens is 410 g/mol. The Balaban J connectivity index is 1.94. The van der Waals surface area contributed by atoms with Gasteiger partial charge in [-0.25, -0.2) is 0 Å². The normalized spacial score (nSPS) is 11.5. The molecule has 0 saturated carbocycles. The van der Waals surface area contributed by atoms with Gasteiger partial charge in [-0.1, -0.05) is 0 Å². The summed E-state index contributed by atoms with van der Waals surface area (Å²) in [5.41, 5.74) is 2.58. The van der Waals surface area contributed by atoms with Crippen molar-refractivity contribution in [2.75, 3.05) is 13.2 Å². The topological polar surface area (TPSA) is 18.5 Å². The summed E-state index contributed by atoms with van der Waals surface area (Å²) in [6.07, 6.45) is 0. The first-order chi connectivity index (χ1) is 13.8. The van der Waals surface area contributed by atoms with E-state index in [1.165, 1.54) is 37.1 Å². The van der Waals surface area contributed by atoms with Gasteiger partial charge in [-0.3, -0.25) is 0 Å². The maximum absolute atomic E-state index is 5.88. The van der Waals surface area contributed by atoms with E-state index in [2.05, 4.69) is 78.9 Å². The molecule has 4 aromatic carbocycles. The van der Waals surface area contributed by atoms with Crippen LogP contribution in [0.4, 0.5) is 0 Å². The van der Waals surface area contributed by atoms with Crippen molar-refractivity contribution in [3.05, 3.63) is 78.9 Å². The van der Waals surface area contributed by atoms with Gasteiger partial charge in [0.05, 0.1) is 0 Å². The monoisotopic (exact) mass is 434 g/mol. The van der Waals surface area contributed by atoms with Crippen LogP contribution in [-0.4, -0.2) is 33.9 Å². The summed E-state index contributed by atoms with van der Waals surface area (Å²) in [6.45, 7) is 5.36. The quantitative estimate of drug-likeness (QED) is 0.380. The molecule has 28 heavy (non-hydrogen) atoms. The van der Waals surface area contributed by atoms with Crippen molar-refractivity contribution in [1.82, 2.24) is 0 Å². The predicted octanol–water partition coefficient (Wildman–Crippen LogP) is 5.05. The molecular formula is C24H23BO2Se-. The summed E-state index contributed by atoms with van der Waals surface area (Å²) < 4.78 is 13.1. The second-order valence-electron chi connectivity index (χ2n) is 6.50. The van der Waals surface area contributed by atoms with Gasteiger partial charge < -0.3 is 0 Å². The average Bonchev–Trinajstić information content (AvgIpc) is 2.74. The molecule has 0 aromatic heterocycles. The molecule has 0 aliphatic carbocycles. The fraction of sp³-hybridized carbons (Fsp3) is 0.167. The fourth-order valence-corrected chi connectivity index (χ4v) is 5.87. The van der Waals surface area contributed by atoms with Gasteiger partial charge in [-0.2, -0.15) is 0 Å². The minimum atomic E-state index is -0.169. The molecule has 0 saturated heterocycles. The molecule has 0 heterocycles. The van der Waals surface area contributed by atoms with E-state index in [1.807, 2.05) is 13.8 Å². The molecule has 1 radical (unpaired) electrons. The van der Waals surface area contributed by atoms with Gasteiger partial charge in [-0.05, 0) is 0 Å². The van der Waals surface area contributed by atoms with E-state index >= 15 is 0 Å². The average molecular weight is 433 g/mol. The van der Waals surface area contributed by atoms with Crippen molar-refractivity contribution in [3.63, 3.8) is 0 Å². The van der Waals surface area contributed by atoms with E-state index in [1.54, 1.807) is 0 Å². The Morgan fingerprint density at radius 2 is 1.29 bits per heavy atom. The van der Waals surface area contributed by atoms with Crippen molar-refractivity contribution in [2.24, 2.45) is 0 Å². The molecule has 0 fully saturated rings. The van der Waals surface area contributed by atoms with Crippen LogP contribution in [0.1, 0.15) is 13.8 Å². The first-order valence-electron chi connectivity index (χ1n) is 9.71. The van der Waals surface area contributed by atoms with E-state index in [0.29, 0.717) is 13.2 Å². The van der Waals surface area contributed by atoms with Crippen LogP contribution in [-0.2, 0) is 9.31 Å². The third-order valence-electron chi connectivity index (χ3n) is 4.78. The molecule has 0 unspecified atom stereocenters. The van der Waals surface area contributed by atoms with Crippen molar-refractivity contribution in [2.45, 2.75) is 13.8 Å². The second kappa shape index (κ2) is 8.94. The summed E-state index contributed by atoms with van der Waals surface area (Å²) in [5.74, 6) is -0.169. The third-order valence-corrected chi connectivity index (χ3v) is 7.00. The van der Waals surface area contributed by atoms with E-state index in [-0.39, 0.29) is 20.7 Å². The third kappa shape index (κ3) is 3.87. The molecule has 141 valence electrons. The number of fused-ring (bicyclic) bond motifs is 2. The molecule has 0 N–H and O–H groups in total. The Labute approximate surface area is 173 Å². The molecule has 4 heteroatoms. The number of rotatable bonds is 7. The van der Waals surface area contributed by atoms with Gasteiger partial charge in [-0.15, -0.1) is 0 Å². The van der Waals surface area contributed by atoms with Crippen LogP contribution in [0.2, 0.25) is 0 Å². The summed E-state index contributed by atoms with van der Waals surface area (Å²) in [6, 6.07) is 28.3. The van der Waals surface area contributed by atoms with Gasteiger partial charge in [0.1, 0.15) is 0 Å². The minimum absolute atomic E-state index is 0.0440. The van der Waals surface area contributed by atoms with Gasteiger partial charge in [0.15, 0.2) is 0 Å². The molecule has 0 spiro atoms. The molecule has 2 nitrogen and oxygen atoms in total. The zero-order valence-electron chi connectivity index (χ0n) is 16.2. The van der Waals surface area contributed by atoms with Crippen LogP contribution in [0.25, 0.3) is 32.7 Å². The summed E-state index contributed by atoms with van der Waals surface area (Å²) in [7, 11) is 0. The van der Waals surface area contributed by atoms with E-state index in [0.717, 1.165) is 0 Å². The SMILES string of the molecule is CCO[B-](OCC)[Se]c1ccc2ccccc2c1-c1cccc2ccccc12. The van der Waals surface area contributed by atoms with E-state index in [4.69, 9.17) is 9.31 Å². The molecule has 4 aromatic rings. The Kier molecular flexibility index (Phi) is 6.14. The Morgan fingerprint density at radius 1 is 0.679 bits per heavy atom. The summed E-state index contributed by atoms with van der Waals surface area (Å²) in [5, 5.41) is 5.08. The Hall–Kier alpha value is -2.10. The zero-order chi connectivity index (χ0) is 19.3. The van der Waals surface area contributed by atoms with E-state index < -0.39 is 0 Å². The van der Waals surface area contributed by atoms with Crippen LogP contribution >= 0.6 is 0 Å². The number of hydrogen-bond donors (Lipinski definition) is 0. The van der Waals surface area contributed by atoms with Gasteiger partial charge in [0, 0.05) is 0 Å². The molecule has 0 aliphatic rings. The standard InChI is InChI=1S/C24H23BO2Se/c1-3-26-25(27-4-2)28-23-17-16-19-11-6-8-14-21(19)24(23)22-15-9-12-18-10-5-7-13-20(18)22/h5-17H,3-4H2,1-2H3/q-1. The van der Waals surface area contributed by atoms with Gasteiger partial charge in [0.25, 0.3) is 0 Å².